The van der Waals surface area contributed by atoms with Crippen molar-refractivity contribution in [3.05, 3.63) is 41.7 Å². The number of H-pyrrole nitrogens is 1. The summed E-state index contributed by atoms with van der Waals surface area (Å²) in [5, 5.41) is 20.0. The fourth-order valence-corrected chi connectivity index (χ4v) is 4.38. The van der Waals surface area contributed by atoms with Crippen LogP contribution in [0.2, 0.25) is 0 Å². The van der Waals surface area contributed by atoms with Gasteiger partial charge in [0.2, 0.25) is 0 Å². The van der Waals surface area contributed by atoms with Gasteiger partial charge in [-0.05, 0) is 50.3 Å². The third-order valence-corrected chi connectivity index (χ3v) is 6.18. The molecule has 0 atom stereocenters. The number of aromatic nitrogens is 3. The highest BCUT2D eigenvalue weighted by Crippen LogP contribution is 2.26. The highest BCUT2D eigenvalue weighted by molar-refractivity contribution is 14.0. The van der Waals surface area contributed by atoms with E-state index in [1.54, 1.807) is 12.4 Å². The number of hydrogen-bond donors (Lipinski definition) is 3. The second-order valence-electron chi connectivity index (χ2n) is 8.31. The topological polar surface area (TPSA) is 92.7 Å². The van der Waals surface area contributed by atoms with E-state index in [4.69, 9.17) is 4.99 Å². The summed E-state index contributed by atoms with van der Waals surface area (Å²) in [6.07, 6.45) is 4.65. The van der Waals surface area contributed by atoms with E-state index in [0.717, 1.165) is 49.8 Å². The third kappa shape index (κ3) is 6.09. The lowest BCUT2D eigenvalue weighted by Gasteiger charge is -2.33. The monoisotopic (exact) mass is 557 g/mol. The zero-order valence-electron chi connectivity index (χ0n) is 18.5. The number of aliphatic hydroxyl groups is 1. The van der Waals surface area contributed by atoms with E-state index in [9.17, 15) is 9.50 Å². The van der Waals surface area contributed by atoms with E-state index in [1.807, 2.05) is 17.0 Å². The maximum atomic E-state index is 14.7. The normalized spacial score (nSPS) is 18.5. The summed E-state index contributed by atoms with van der Waals surface area (Å²) in [4.78, 5) is 13.3. The van der Waals surface area contributed by atoms with Crippen molar-refractivity contribution < 1.29 is 9.50 Å². The van der Waals surface area contributed by atoms with Gasteiger partial charge in [-0.25, -0.2) is 14.4 Å². The molecule has 2 aliphatic heterocycles. The fourth-order valence-electron chi connectivity index (χ4n) is 4.38. The molecule has 4 rings (SSSR count). The first-order valence-electron chi connectivity index (χ1n) is 11.2. The SMILES string of the molecule is CCNC(=NCc1ccc(N2CCC(O)CC2)c(F)c1)N1CCC(c2ncn[nH]2)CC1.I. The molecular formula is C22H33FIN7O. The molecular weight excluding hydrogens is 524 g/mol. The van der Waals surface area contributed by atoms with Crippen LogP contribution in [0.5, 0.6) is 0 Å². The van der Waals surface area contributed by atoms with Crippen molar-refractivity contribution in [1.82, 2.24) is 25.4 Å². The molecule has 8 nitrogen and oxygen atoms in total. The van der Waals surface area contributed by atoms with Crippen LogP contribution in [0.3, 0.4) is 0 Å². The van der Waals surface area contributed by atoms with E-state index in [1.165, 1.54) is 0 Å². The summed E-state index contributed by atoms with van der Waals surface area (Å²) in [7, 11) is 0. The third-order valence-electron chi connectivity index (χ3n) is 6.18. The van der Waals surface area contributed by atoms with Crippen molar-refractivity contribution in [2.75, 3.05) is 37.6 Å². The minimum absolute atomic E-state index is 0. The van der Waals surface area contributed by atoms with Gasteiger partial charge in [-0.2, -0.15) is 5.10 Å². The predicted octanol–water partition coefficient (Wildman–Crippen LogP) is 2.87. The van der Waals surface area contributed by atoms with Crippen molar-refractivity contribution in [1.29, 1.82) is 0 Å². The van der Waals surface area contributed by atoms with Gasteiger partial charge in [-0.3, -0.25) is 5.10 Å². The van der Waals surface area contributed by atoms with Crippen molar-refractivity contribution >= 4 is 35.6 Å². The first-order chi connectivity index (χ1) is 15.1. The number of aliphatic hydroxyl groups excluding tert-OH is 1. The molecule has 0 spiro atoms. The molecule has 3 heterocycles. The molecule has 0 amide bonds. The van der Waals surface area contributed by atoms with E-state index in [-0.39, 0.29) is 35.9 Å². The number of benzene rings is 1. The Hall–Kier alpha value is -1.95. The Kier molecular flexibility index (Phi) is 9.09. The van der Waals surface area contributed by atoms with Gasteiger partial charge in [0, 0.05) is 38.6 Å². The summed E-state index contributed by atoms with van der Waals surface area (Å²) in [6.45, 7) is 6.43. The number of likely N-dealkylation sites (tertiary alicyclic amines) is 1. The van der Waals surface area contributed by atoms with E-state index in [0.29, 0.717) is 44.1 Å². The highest BCUT2D eigenvalue weighted by atomic mass is 127. The second-order valence-corrected chi connectivity index (χ2v) is 8.31. The molecule has 0 saturated carbocycles. The average molecular weight is 557 g/mol. The number of rotatable bonds is 5. The summed E-state index contributed by atoms with van der Waals surface area (Å²) in [5.41, 5.74) is 1.46. The first-order valence-corrected chi connectivity index (χ1v) is 11.2. The molecule has 2 fully saturated rings. The molecule has 2 saturated heterocycles. The van der Waals surface area contributed by atoms with Gasteiger partial charge in [-0.1, -0.05) is 6.07 Å². The predicted molar refractivity (Wildman–Crippen MR) is 134 cm³/mol. The second kappa shape index (κ2) is 11.8. The quantitative estimate of drug-likeness (QED) is 0.298. The maximum Gasteiger partial charge on any atom is 0.194 e. The van der Waals surface area contributed by atoms with Crippen LogP contribution in [0.4, 0.5) is 10.1 Å². The molecule has 32 heavy (non-hydrogen) atoms. The Morgan fingerprint density at radius 1 is 1.22 bits per heavy atom. The number of nitrogens with one attached hydrogen (secondary N) is 2. The largest absolute Gasteiger partial charge is 0.393 e. The van der Waals surface area contributed by atoms with Gasteiger partial charge in [0.25, 0.3) is 0 Å². The minimum atomic E-state index is -0.266. The average Bonchev–Trinajstić information content (AvgIpc) is 3.33. The summed E-state index contributed by atoms with van der Waals surface area (Å²) < 4.78 is 14.7. The smallest absolute Gasteiger partial charge is 0.194 e. The number of guanidine groups is 1. The highest BCUT2D eigenvalue weighted by Gasteiger charge is 2.24. The minimum Gasteiger partial charge on any atom is -0.393 e. The lowest BCUT2D eigenvalue weighted by atomic mass is 9.96. The number of hydrogen-bond acceptors (Lipinski definition) is 5. The van der Waals surface area contributed by atoms with Crippen LogP contribution in [-0.2, 0) is 6.54 Å². The van der Waals surface area contributed by atoms with Crippen molar-refractivity contribution in [3.8, 4) is 0 Å². The number of piperidine rings is 2. The zero-order valence-corrected chi connectivity index (χ0v) is 20.8. The summed E-state index contributed by atoms with van der Waals surface area (Å²) in [5.74, 6) is 2.01. The summed E-state index contributed by atoms with van der Waals surface area (Å²) >= 11 is 0. The van der Waals surface area contributed by atoms with Crippen LogP contribution in [0, 0.1) is 5.82 Å². The molecule has 0 bridgehead atoms. The van der Waals surface area contributed by atoms with Crippen molar-refractivity contribution in [3.63, 3.8) is 0 Å². The van der Waals surface area contributed by atoms with Gasteiger partial charge in [0.1, 0.15) is 18.0 Å². The van der Waals surface area contributed by atoms with Gasteiger partial charge < -0.3 is 20.2 Å². The van der Waals surface area contributed by atoms with Crippen molar-refractivity contribution in [2.24, 2.45) is 4.99 Å². The molecule has 1 aromatic carbocycles. The standard InChI is InChI=1S/C22H32FN7O.HI/c1-2-24-22(30-9-5-17(6-10-30)21-26-15-27-28-21)25-14-16-3-4-20(19(23)13-16)29-11-7-18(31)8-12-29;/h3-4,13,15,17-18,31H,2,5-12,14H2,1H3,(H,24,25)(H,26,27,28);1H. The molecule has 3 N–H and O–H groups in total. The van der Waals surface area contributed by atoms with Crippen LogP contribution >= 0.6 is 24.0 Å². The van der Waals surface area contributed by atoms with Crippen LogP contribution in [-0.4, -0.2) is 70.0 Å². The van der Waals surface area contributed by atoms with Crippen LogP contribution in [0.25, 0.3) is 0 Å². The maximum absolute atomic E-state index is 14.7. The Morgan fingerprint density at radius 2 is 1.97 bits per heavy atom. The Bertz CT molecular complexity index is 863. The molecule has 2 aliphatic rings. The van der Waals surface area contributed by atoms with E-state index >= 15 is 0 Å². The number of halogens is 2. The molecule has 1 aromatic heterocycles. The molecule has 10 heteroatoms. The number of aliphatic imine (C=N–C) groups is 1. The molecule has 0 unspecified atom stereocenters. The summed E-state index contributed by atoms with van der Waals surface area (Å²) in [6, 6.07) is 5.38. The van der Waals surface area contributed by atoms with Crippen LogP contribution in [0.15, 0.2) is 29.5 Å². The lowest BCUT2D eigenvalue weighted by molar-refractivity contribution is 0.145. The Balaban J connectivity index is 0.00000289. The van der Waals surface area contributed by atoms with Gasteiger partial charge in [0.05, 0.1) is 18.3 Å². The lowest BCUT2D eigenvalue weighted by Crippen LogP contribution is -2.45. The van der Waals surface area contributed by atoms with Gasteiger partial charge >= 0.3 is 0 Å². The van der Waals surface area contributed by atoms with Gasteiger partial charge in [-0.15, -0.1) is 24.0 Å². The molecule has 176 valence electrons. The molecule has 0 radical (unpaired) electrons. The Labute approximate surface area is 205 Å². The van der Waals surface area contributed by atoms with Crippen molar-refractivity contribution in [2.45, 2.75) is 51.2 Å². The number of aromatic amines is 1. The number of nitrogens with zero attached hydrogens (tertiary/aromatic N) is 5. The first kappa shape index (κ1) is 24.7. The number of anilines is 1. The fraction of sp³-hybridized carbons (Fsp3) is 0.591. The zero-order chi connectivity index (χ0) is 21.6. The van der Waals surface area contributed by atoms with Gasteiger partial charge in [0.15, 0.2) is 5.96 Å². The van der Waals surface area contributed by atoms with Crippen LogP contribution in [0.1, 0.15) is 49.9 Å². The Morgan fingerprint density at radius 3 is 2.59 bits per heavy atom. The molecule has 2 aromatic rings. The molecule has 0 aliphatic carbocycles. The van der Waals surface area contributed by atoms with E-state index in [2.05, 4.69) is 32.3 Å². The van der Waals surface area contributed by atoms with Crippen LogP contribution < -0.4 is 10.2 Å². The van der Waals surface area contributed by atoms with E-state index < -0.39 is 0 Å².